The fraction of sp³-hybridized carbons (Fsp3) is 0.923. The van der Waals surface area contributed by atoms with Crippen LogP contribution in [-0.2, 0) is 9.53 Å². The number of methoxy groups -OCH3 is 1. The second kappa shape index (κ2) is 8.48. The largest absolute Gasteiger partial charge is 0.383 e. The van der Waals surface area contributed by atoms with Crippen LogP contribution in [0.5, 0.6) is 0 Å². The highest BCUT2D eigenvalue weighted by Crippen LogP contribution is 2.26. The van der Waals surface area contributed by atoms with Crippen molar-refractivity contribution < 1.29 is 9.53 Å². The van der Waals surface area contributed by atoms with Crippen molar-refractivity contribution in [3.05, 3.63) is 0 Å². The number of carbonyl (C=O) groups excluding carboxylic acids is 1. The second-order valence-electron chi connectivity index (χ2n) is 5.01. The van der Waals surface area contributed by atoms with Gasteiger partial charge in [-0.05, 0) is 31.7 Å². The lowest BCUT2D eigenvalue weighted by Gasteiger charge is -2.23. The molecule has 0 aromatic heterocycles. The molecular weight excluding hydrogens is 216 g/mol. The van der Waals surface area contributed by atoms with E-state index in [0.29, 0.717) is 25.5 Å². The number of carbonyl (C=O) groups is 1. The fourth-order valence-electron chi connectivity index (χ4n) is 2.54. The van der Waals surface area contributed by atoms with Crippen molar-refractivity contribution in [2.45, 2.75) is 51.0 Å². The predicted octanol–water partition coefficient (Wildman–Crippen LogP) is 1.44. The summed E-state index contributed by atoms with van der Waals surface area (Å²) in [6.45, 7) is 1.13. The van der Waals surface area contributed by atoms with E-state index in [0.717, 1.165) is 6.42 Å². The first-order valence-electron chi connectivity index (χ1n) is 6.74. The molecule has 100 valence electrons. The third kappa shape index (κ3) is 6.03. The summed E-state index contributed by atoms with van der Waals surface area (Å²) in [6, 6.07) is 0.0705. The topological polar surface area (TPSA) is 64.3 Å². The SMILES string of the molecule is COCC(CCN)NC(=O)CC1CCCCC1. The van der Waals surface area contributed by atoms with Gasteiger partial charge in [0.25, 0.3) is 0 Å². The first-order chi connectivity index (χ1) is 8.26. The molecule has 0 aliphatic heterocycles. The molecule has 0 bridgehead atoms. The zero-order chi connectivity index (χ0) is 12.5. The van der Waals surface area contributed by atoms with Crippen molar-refractivity contribution in [1.29, 1.82) is 0 Å². The Kier molecular flexibility index (Phi) is 7.21. The Balaban J connectivity index is 2.25. The lowest BCUT2D eigenvalue weighted by Crippen LogP contribution is -2.40. The monoisotopic (exact) mass is 242 g/mol. The molecule has 3 N–H and O–H groups in total. The van der Waals surface area contributed by atoms with Crippen LogP contribution in [0.15, 0.2) is 0 Å². The van der Waals surface area contributed by atoms with E-state index in [2.05, 4.69) is 5.32 Å². The van der Waals surface area contributed by atoms with Gasteiger partial charge in [0.15, 0.2) is 0 Å². The Hall–Kier alpha value is -0.610. The smallest absolute Gasteiger partial charge is 0.220 e. The first kappa shape index (κ1) is 14.5. The van der Waals surface area contributed by atoms with Crippen molar-refractivity contribution >= 4 is 5.91 Å². The van der Waals surface area contributed by atoms with E-state index in [-0.39, 0.29) is 11.9 Å². The number of hydrogen-bond acceptors (Lipinski definition) is 3. The Labute approximate surface area is 104 Å². The molecule has 4 nitrogen and oxygen atoms in total. The molecule has 1 aliphatic rings. The van der Waals surface area contributed by atoms with Gasteiger partial charge in [-0.15, -0.1) is 0 Å². The summed E-state index contributed by atoms with van der Waals surface area (Å²) in [5, 5.41) is 3.02. The minimum atomic E-state index is 0.0705. The van der Waals surface area contributed by atoms with Crippen molar-refractivity contribution in [1.82, 2.24) is 5.32 Å². The van der Waals surface area contributed by atoms with Crippen LogP contribution >= 0.6 is 0 Å². The van der Waals surface area contributed by atoms with Gasteiger partial charge in [-0.2, -0.15) is 0 Å². The van der Waals surface area contributed by atoms with Crippen LogP contribution in [0.25, 0.3) is 0 Å². The molecule has 17 heavy (non-hydrogen) atoms. The standard InChI is InChI=1S/C13H26N2O2/c1-17-10-12(7-8-14)15-13(16)9-11-5-3-2-4-6-11/h11-12H,2-10,14H2,1H3,(H,15,16). The maximum Gasteiger partial charge on any atom is 0.220 e. The maximum absolute atomic E-state index is 11.9. The molecule has 4 heteroatoms. The summed E-state index contributed by atoms with van der Waals surface area (Å²) in [5.74, 6) is 0.747. The van der Waals surface area contributed by atoms with Gasteiger partial charge in [0, 0.05) is 13.5 Å². The molecule has 0 aromatic carbocycles. The summed E-state index contributed by atoms with van der Waals surface area (Å²) in [6.07, 6.45) is 7.76. The minimum Gasteiger partial charge on any atom is -0.383 e. The lowest BCUT2D eigenvalue weighted by molar-refractivity contribution is -0.123. The van der Waals surface area contributed by atoms with Gasteiger partial charge >= 0.3 is 0 Å². The molecule has 1 fully saturated rings. The number of nitrogens with one attached hydrogen (secondary N) is 1. The maximum atomic E-state index is 11.9. The summed E-state index contributed by atoms with van der Waals surface area (Å²) in [4.78, 5) is 11.9. The molecule has 1 amide bonds. The van der Waals surface area contributed by atoms with E-state index in [1.54, 1.807) is 7.11 Å². The quantitative estimate of drug-likeness (QED) is 0.710. The highest BCUT2D eigenvalue weighted by Gasteiger charge is 2.18. The lowest BCUT2D eigenvalue weighted by atomic mass is 9.87. The number of hydrogen-bond donors (Lipinski definition) is 2. The Bertz CT molecular complexity index is 209. The average molecular weight is 242 g/mol. The summed E-state index contributed by atoms with van der Waals surface area (Å²) >= 11 is 0. The molecule has 1 unspecified atom stereocenters. The zero-order valence-electron chi connectivity index (χ0n) is 10.9. The van der Waals surface area contributed by atoms with E-state index in [9.17, 15) is 4.79 Å². The predicted molar refractivity (Wildman–Crippen MR) is 68.7 cm³/mol. The summed E-state index contributed by atoms with van der Waals surface area (Å²) in [7, 11) is 1.65. The van der Waals surface area contributed by atoms with Gasteiger partial charge in [-0.1, -0.05) is 19.3 Å². The molecule has 0 radical (unpaired) electrons. The molecule has 1 rings (SSSR count). The number of ether oxygens (including phenoxy) is 1. The van der Waals surface area contributed by atoms with Crippen LogP contribution in [0, 0.1) is 5.92 Å². The van der Waals surface area contributed by atoms with Crippen molar-refractivity contribution in [2.24, 2.45) is 11.7 Å². The van der Waals surface area contributed by atoms with Gasteiger partial charge < -0.3 is 15.8 Å². The summed E-state index contributed by atoms with van der Waals surface area (Å²) in [5.41, 5.74) is 5.51. The van der Waals surface area contributed by atoms with Gasteiger partial charge in [0.2, 0.25) is 5.91 Å². The van der Waals surface area contributed by atoms with E-state index in [1.807, 2.05) is 0 Å². The summed E-state index contributed by atoms with van der Waals surface area (Å²) < 4.78 is 5.08. The average Bonchev–Trinajstić information content (AvgIpc) is 2.30. The van der Waals surface area contributed by atoms with Gasteiger partial charge in [0.1, 0.15) is 0 Å². The molecule has 1 aliphatic carbocycles. The zero-order valence-corrected chi connectivity index (χ0v) is 10.9. The Morgan fingerprint density at radius 2 is 2.12 bits per heavy atom. The second-order valence-corrected chi connectivity index (χ2v) is 5.01. The van der Waals surface area contributed by atoms with E-state index in [1.165, 1.54) is 32.1 Å². The van der Waals surface area contributed by atoms with Crippen LogP contribution in [0.1, 0.15) is 44.9 Å². The molecule has 1 saturated carbocycles. The number of nitrogens with two attached hydrogens (primary N) is 1. The van der Waals surface area contributed by atoms with Crippen LogP contribution < -0.4 is 11.1 Å². The van der Waals surface area contributed by atoms with E-state index >= 15 is 0 Å². The van der Waals surface area contributed by atoms with Crippen LogP contribution in [0.4, 0.5) is 0 Å². The normalized spacial score (nSPS) is 18.9. The fourth-order valence-corrected chi connectivity index (χ4v) is 2.54. The van der Waals surface area contributed by atoms with Gasteiger partial charge in [-0.3, -0.25) is 4.79 Å². The van der Waals surface area contributed by atoms with E-state index in [4.69, 9.17) is 10.5 Å². The molecule has 0 saturated heterocycles. The third-order valence-corrected chi connectivity index (χ3v) is 3.45. The Morgan fingerprint density at radius 3 is 2.71 bits per heavy atom. The molecule has 0 spiro atoms. The number of rotatable bonds is 7. The molecule has 0 heterocycles. The third-order valence-electron chi connectivity index (χ3n) is 3.45. The van der Waals surface area contributed by atoms with Crippen LogP contribution in [0.2, 0.25) is 0 Å². The molecular formula is C13H26N2O2. The number of amides is 1. The highest BCUT2D eigenvalue weighted by molar-refractivity contribution is 5.76. The molecule has 1 atom stereocenters. The van der Waals surface area contributed by atoms with Crippen molar-refractivity contribution in [3.63, 3.8) is 0 Å². The van der Waals surface area contributed by atoms with Crippen LogP contribution in [0.3, 0.4) is 0 Å². The molecule has 0 aromatic rings. The Morgan fingerprint density at radius 1 is 1.41 bits per heavy atom. The van der Waals surface area contributed by atoms with Crippen molar-refractivity contribution in [2.75, 3.05) is 20.3 Å². The van der Waals surface area contributed by atoms with Gasteiger partial charge in [0.05, 0.1) is 12.6 Å². The van der Waals surface area contributed by atoms with E-state index < -0.39 is 0 Å². The van der Waals surface area contributed by atoms with Gasteiger partial charge in [-0.25, -0.2) is 0 Å². The van der Waals surface area contributed by atoms with Crippen molar-refractivity contribution in [3.8, 4) is 0 Å². The minimum absolute atomic E-state index is 0.0705. The first-order valence-corrected chi connectivity index (χ1v) is 6.74. The van der Waals surface area contributed by atoms with Crippen LogP contribution in [-0.4, -0.2) is 32.2 Å². The highest BCUT2D eigenvalue weighted by atomic mass is 16.5.